The maximum atomic E-state index is 13.2. The lowest BCUT2D eigenvalue weighted by Gasteiger charge is -2.15. The molecule has 0 saturated heterocycles. The van der Waals surface area contributed by atoms with Crippen molar-refractivity contribution >= 4 is 11.9 Å². The molecule has 1 amide bonds. The highest BCUT2D eigenvalue weighted by Crippen LogP contribution is 2.23. The first-order chi connectivity index (χ1) is 12.9. The molecule has 0 unspecified atom stereocenters. The van der Waals surface area contributed by atoms with E-state index in [2.05, 4.69) is 5.43 Å². The molecule has 6 nitrogen and oxygen atoms in total. The molecule has 0 bridgehead atoms. The van der Waals surface area contributed by atoms with Crippen LogP contribution in [0.2, 0.25) is 0 Å². The quantitative estimate of drug-likeness (QED) is 0.697. The lowest BCUT2D eigenvalue weighted by atomic mass is 10.1. The summed E-state index contributed by atoms with van der Waals surface area (Å²) >= 11 is 0. The molecule has 27 heavy (non-hydrogen) atoms. The zero-order valence-corrected chi connectivity index (χ0v) is 14.2. The van der Waals surface area contributed by atoms with Gasteiger partial charge in [-0.1, -0.05) is 0 Å². The normalized spacial score (nSPS) is 10.6. The van der Waals surface area contributed by atoms with Crippen molar-refractivity contribution < 1.29 is 24.2 Å². The highest BCUT2D eigenvalue weighted by molar-refractivity contribution is 6.00. The van der Waals surface area contributed by atoms with Crippen LogP contribution in [0.15, 0.2) is 60.7 Å². The van der Waals surface area contributed by atoms with Gasteiger partial charge < -0.3 is 15.0 Å². The lowest BCUT2D eigenvalue weighted by molar-refractivity contribution is -0.305. The SMILES string of the molecule is O=C([O-])CCc1ccc(-c2ccc(F)cc2)n1NC(=O)c1ccc(O)cc1. The van der Waals surface area contributed by atoms with Crippen LogP contribution in [0.5, 0.6) is 5.75 Å². The van der Waals surface area contributed by atoms with Crippen molar-refractivity contribution in [2.24, 2.45) is 0 Å². The fraction of sp³-hybridized carbons (Fsp3) is 0.100. The zero-order valence-electron chi connectivity index (χ0n) is 14.2. The number of nitrogens with one attached hydrogen (secondary N) is 1. The zero-order chi connectivity index (χ0) is 19.4. The lowest BCUT2D eigenvalue weighted by Crippen LogP contribution is -2.27. The molecule has 0 aliphatic rings. The molecule has 7 heteroatoms. The van der Waals surface area contributed by atoms with Crippen LogP contribution < -0.4 is 10.5 Å². The summed E-state index contributed by atoms with van der Waals surface area (Å²) in [7, 11) is 0. The van der Waals surface area contributed by atoms with Crippen LogP contribution in [0.3, 0.4) is 0 Å². The van der Waals surface area contributed by atoms with Crippen molar-refractivity contribution in [2.75, 3.05) is 5.43 Å². The van der Waals surface area contributed by atoms with E-state index in [0.717, 1.165) is 0 Å². The maximum absolute atomic E-state index is 13.2. The van der Waals surface area contributed by atoms with Crippen LogP contribution in [-0.2, 0) is 11.2 Å². The Hall–Kier alpha value is -3.61. The van der Waals surface area contributed by atoms with Crippen LogP contribution in [0.1, 0.15) is 22.5 Å². The van der Waals surface area contributed by atoms with Crippen molar-refractivity contribution in [2.45, 2.75) is 12.8 Å². The molecule has 1 aromatic heterocycles. The summed E-state index contributed by atoms with van der Waals surface area (Å²) in [6.07, 6.45) is -0.0542. The summed E-state index contributed by atoms with van der Waals surface area (Å²) in [5.41, 5.74) is 4.83. The third-order valence-corrected chi connectivity index (χ3v) is 4.03. The van der Waals surface area contributed by atoms with Gasteiger partial charge in [-0.05, 0) is 73.5 Å². The number of nitrogens with zero attached hydrogens (tertiary/aromatic N) is 1. The molecule has 0 aliphatic carbocycles. The number of rotatable bonds is 6. The molecule has 138 valence electrons. The first kappa shape index (κ1) is 18.2. The molecule has 3 rings (SSSR count). The monoisotopic (exact) mass is 367 g/mol. The summed E-state index contributed by atoms with van der Waals surface area (Å²) in [6, 6.07) is 14.9. The number of aromatic hydroxyl groups is 1. The fourth-order valence-corrected chi connectivity index (χ4v) is 2.66. The number of carbonyl (C=O) groups excluding carboxylic acids is 2. The fourth-order valence-electron chi connectivity index (χ4n) is 2.66. The summed E-state index contributed by atoms with van der Waals surface area (Å²) < 4.78 is 14.7. The van der Waals surface area contributed by atoms with E-state index in [9.17, 15) is 24.2 Å². The number of hydrogen-bond donors (Lipinski definition) is 2. The molecular weight excluding hydrogens is 351 g/mol. The number of carboxylic acids is 1. The minimum absolute atomic E-state index is 0.0363. The number of carboxylic acid groups (broad SMARTS) is 1. The maximum Gasteiger partial charge on any atom is 0.270 e. The number of carbonyl (C=O) groups is 2. The molecule has 0 saturated carbocycles. The van der Waals surface area contributed by atoms with E-state index in [4.69, 9.17) is 0 Å². The van der Waals surface area contributed by atoms with Gasteiger partial charge in [0.15, 0.2) is 0 Å². The smallest absolute Gasteiger partial charge is 0.270 e. The van der Waals surface area contributed by atoms with E-state index in [0.29, 0.717) is 22.5 Å². The number of hydrogen-bond acceptors (Lipinski definition) is 4. The number of phenolic OH excluding ortho intramolecular Hbond substituents is 1. The van der Waals surface area contributed by atoms with Gasteiger partial charge in [0.25, 0.3) is 5.91 Å². The Labute approximate surface area is 154 Å². The summed E-state index contributed by atoms with van der Waals surface area (Å²) in [5, 5.41) is 20.1. The molecule has 0 aliphatic heterocycles. The van der Waals surface area contributed by atoms with Gasteiger partial charge in [-0.25, -0.2) is 4.39 Å². The van der Waals surface area contributed by atoms with Crippen LogP contribution >= 0.6 is 0 Å². The van der Waals surface area contributed by atoms with E-state index in [1.54, 1.807) is 24.3 Å². The molecule has 3 aromatic rings. The van der Waals surface area contributed by atoms with Crippen molar-refractivity contribution in [3.05, 3.63) is 77.7 Å². The highest BCUT2D eigenvalue weighted by Gasteiger charge is 2.14. The van der Waals surface area contributed by atoms with Gasteiger partial charge in [-0.2, -0.15) is 0 Å². The molecule has 0 atom stereocenters. The topological polar surface area (TPSA) is 94.4 Å². The Morgan fingerprint density at radius 3 is 2.30 bits per heavy atom. The summed E-state index contributed by atoms with van der Waals surface area (Å²) in [6.45, 7) is 0. The number of amides is 1. The predicted molar refractivity (Wildman–Crippen MR) is 95.0 cm³/mol. The number of aliphatic carboxylic acids is 1. The van der Waals surface area contributed by atoms with E-state index >= 15 is 0 Å². The van der Waals surface area contributed by atoms with Crippen molar-refractivity contribution in [1.82, 2.24) is 4.68 Å². The van der Waals surface area contributed by atoms with Crippen LogP contribution in [-0.4, -0.2) is 21.7 Å². The van der Waals surface area contributed by atoms with E-state index in [1.807, 2.05) is 0 Å². The largest absolute Gasteiger partial charge is 0.550 e. The van der Waals surface area contributed by atoms with Gasteiger partial charge in [0, 0.05) is 22.8 Å². The Bertz CT molecular complexity index is 963. The van der Waals surface area contributed by atoms with Gasteiger partial charge in [-0.3, -0.25) is 14.9 Å². The van der Waals surface area contributed by atoms with E-state index in [-0.39, 0.29) is 24.4 Å². The number of aromatic nitrogens is 1. The van der Waals surface area contributed by atoms with Gasteiger partial charge in [0.1, 0.15) is 11.6 Å². The third-order valence-electron chi connectivity index (χ3n) is 4.03. The first-order valence-corrected chi connectivity index (χ1v) is 8.21. The Morgan fingerprint density at radius 2 is 1.67 bits per heavy atom. The Morgan fingerprint density at radius 1 is 1.00 bits per heavy atom. The van der Waals surface area contributed by atoms with Gasteiger partial charge >= 0.3 is 0 Å². The minimum Gasteiger partial charge on any atom is -0.550 e. The van der Waals surface area contributed by atoms with Crippen molar-refractivity contribution in [3.8, 4) is 17.0 Å². The molecule has 0 spiro atoms. The molecule has 0 fully saturated rings. The minimum atomic E-state index is -1.20. The average Bonchev–Trinajstić information content (AvgIpc) is 3.03. The second kappa shape index (κ2) is 7.74. The van der Waals surface area contributed by atoms with Crippen LogP contribution in [0, 0.1) is 5.82 Å². The molecule has 1 heterocycles. The number of halogens is 1. The second-order valence-corrected chi connectivity index (χ2v) is 5.91. The third kappa shape index (κ3) is 4.33. The van der Waals surface area contributed by atoms with E-state index < -0.39 is 11.9 Å². The van der Waals surface area contributed by atoms with Crippen LogP contribution in [0.25, 0.3) is 11.3 Å². The molecule has 0 radical (unpaired) electrons. The van der Waals surface area contributed by atoms with Crippen molar-refractivity contribution in [1.29, 1.82) is 0 Å². The predicted octanol–water partition coefficient (Wildman–Crippen LogP) is 2.07. The van der Waals surface area contributed by atoms with Gasteiger partial charge in [0.2, 0.25) is 0 Å². The summed E-state index contributed by atoms with van der Waals surface area (Å²) in [5.74, 6) is -1.99. The number of aryl methyl sites for hydroxylation is 1. The van der Waals surface area contributed by atoms with Crippen molar-refractivity contribution in [3.63, 3.8) is 0 Å². The molecule has 2 aromatic carbocycles. The number of phenols is 1. The number of benzene rings is 2. The average molecular weight is 367 g/mol. The highest BCUT2D eigenvalue weighted by atomic mass is 19.1. The van der Waals surface area contributed by atoms with Gasteiger partial charge in [0.05, 0.1) is 5.69 Å². The summed E-state index contributed by atoms with van der Waals surface area (Å²) in [4.78, 5) is 23.3. The Balaban J connectivity index is 1.95. The van der Waals surface area contributed by atoms with Crippen LogP contribution in [0.4, 0.5) is 4.39 Å². The standard InChI is InChI=1S/C20H17FN2O4/c21-15-5-1-13(2-6-15)18-11-7-16(8-12-19(25)26)23(18)22-20(27)14-3-9-17(24)10-4-14/h1-7,9-11,24H,8,12H2,(H,22,27)(H,25,26)/p-1. The second-order valence-electron chi connectivity index (χ2n) is 5.91. The van der Waals surface area contributed by atoms with Gasteiger partial charge in [-0.15, -0.1) is 0 Å². The Kier molecular flexibility index (Phi) is 5.21. The first-order valence-electron chi connectivity index (χ1n) is 8.21. The van der Waals surface area contributed by atoms with E-state index in [1.165, 1.54) is 41.1 Å². The molecular formula is C20H16FN2O4-. The molecule has 2 N–H and O–H groups in total.